The Morgan fingerprint density at radius 2 is 1.85 bits per heavy atom. The van der Waals surface area contributed by atoms with Crippen molar-refractivity contribution in [1.82, 2.24) is 14.9 Å². The van der Waals surface area contributed by atoms with Crippen LogP contribution in [0.1, 0.15) is 34.7 Å². The fraction of sp³-hybridized carbons (Fsp3) is 0.233. The van der Waals surface area contributed by atoms with E-state index in [4.69, 9.17) is 26.4 Å². The molecule has 0 unspecified atom stereocenters. The Balaban J connectivity index is 1.41. The van der Waals surface area contributed by atoms with E-state index >= 15 is 0 Å². The average molecular weight is 556 g/mol. The fourth-order valence-electron chi connectivity index (χ4n) is 5.49. The minimum atomic E-state index is -0.211. The number of hydrogen-bond acceptors (Lipinski definition) is 6. The molecule has 2 N–H and O–H groups in total. The number of amides is 1. The van der Waals surface area contributed by atoms with E-state index in [-0.39, 0.29) is 31.4 Å². The summed E-state index contributed by atoms with van der Waals surface area (Å²) in [5, 5.41) is 6.97. The second-order valence-electron chi connectivity index (χ2n) is 9.72. The number of anilines is 2. The summed E-state index contributed by atoms with van der Waals surface area (Å²) in [6.07, 6.45) is 1.80. The van der Waals surface area contributed by atoms with Gasteiger partial charge in [0, 0.05) is 47.8 Å². The molecule has 2 aromatic carbocycles. The summed E-state index contributed by atoms with van der Waals surface area (Å²) in [6, 6.07) is 21.4. The van der Waals surface area contributed by atoms with Crippen molar-refractivity contribution in [2.45, 2.75) is 25.9 Å². The molecule has 40 heavy (non-hydrogen) atoms. The first-order chi connectivity index (χ1) is 19.4. The average Bonchev–Trinajstić information content (AvgIpc) is 3.64. The fourth-order valence-corrected chi connectivity index (χ4v) is 5.84. The molecule has 1 amide bonds. The molecule has 4 aromatic rings. The number of benzene rings is 2. The Hall–Kier alpha value is -4.41. The van der Waals surface area contributed by atoms with Crippen LogP contribution in [0.3, 0.4) is 0 Å². The second kappa shape index (κ2) is 10.6. The van der Waals surface area contributed by atoms with Crippen molar-refractivity contribution in [3.8, 4) is 17.2 Å². The van der Waals surface area contributed by atoms with E-state index in [1.54, 1.807) is 6.20 Å². The predicted octanol–water partition coefficient (Wildman–Crippen LogP) is 4.98. The first kappa shape index (κ1) is 25.8. The molecule has 0 aliphatic carbocycles. The predicted molar refractivity (Wildman–Crippen MR) is 156 cm³/mol. The van der Waals surface area contributed by atoms with Gasteiger partial charge in [0.1, 0.15) is 6.61 Å². The molecule has 0 bridgehead atoms. The zero-order valence-corrected chi connectivity index (χ0v) is 23.2. The Labute approximate surface area is 237 Å². The Morgan fingerprint density at radius 1 is 1.07 bits per heavy atom. The number of aromatic nitrogens is 2. The minimum absolute atomic E-state index is 0.00526. The molecule has 9 nitrogen and oxygen atoms in total. The lowest BCUT2D eigenvalue weighted by Gasteiger charge is -2.28. The highest BCUT2D eigenvalue weighted by molar-refractivity contribution is 7.80. The number of carbonyl (C=O) groups is 1. The molecule has 1 saturated heterocycles. The first-order valence-electron chi connectivity index (χ1n) is 12.9. The van der Waals surface area contributed by atoms with Crippen molar-refractivity contribution in [3.05, 3.63) is 95.6 Å². The number of nitrogens with one attached hydrogen (secondary N) is 2. The number of hydrogen-bond donors (Lipinski definition) is 2. The van der Waals surface area contributed by atoms with Crippen LogP contribution >= 0.6 is 12.2 Å². The monoisotopic (exact) mass is 555 g/mol. The number of pyridine rings is 1. The second-order valence-corrected chi connectivity index (χ2v) is 10.1. The van der Waals surface area contributed by atoms with Crippen LogP contribution in [0.5, 0.6) is 11.5 Å². The van der Waals surface area contributed by atoms with Crippen LogP contribution in [-0.4, -0.2) is 41.1 Å². The summed E-state index contributed by atoms with van der Waals surface area (Å²) < 4.78 is 18.3. The van der Waals surface area contributed by atoms with Gasteiger partial charge in [-0.1, -0.05) is 6.07 Å². The third kappa shape index (κ3) is 4.65. The van der Waals surface area contributed by atoms with E-state index in [1.165, 1.54) is 7.11 Å². The highest BCUT2D eigenvalue weighted by atomic mass is 32.1. The van der Waals surface area contributed by atoms with E-state index in [2.05, 4.69) is 45.0 Å². The normalized spacial score (nSPS) is 17.7. The summed E-state index contributed by atoms with van der Waals surface area (Å²) >= 11 is 5.91. The molecule has 10 heteroatoms. The molecule has 6 rings (SSSR count). The molecular weight excluding hydrogens is 526 g/mol. The quantitative estimate of drug-likeness (QED) is 0.309. The standard InChI is InChI=1S/C30H29N5O4S/c1-18-14-23(19(2)34(18)22-11-12-25-26(15-22)39-17-38-25)29-28(24-6-4-5-13-31-24)33-30(40)35(29)21-9-7-20(8-10-21)32-27(36)16-37-3/h4-15,28-29H,16-17H2,1-3H3,(H,32,36)(H,33,40)/t28-,29-/m0/s1. The van der Waals surface area contributed by atoms with Gasteiger partial charge in [-0.15, -0.1) is 0 Å². The van der Waals surface area contributed by atoms with Crippen LogP contribution < -0.4 is 25.0 Å². The van der Waals surface area contributed by atoms with Gasteiger partial charge in [-0.05, 0) is 86.2 Å². The minimum Gasteiger partial charge on any atom is -0.454 e. The van der Waals surface area contributed by atoms with E-state index in [9.17, 15) is 4.79 Å². The molecule has 2 atom stereocenters. The first-order valence-corrected chi connectivity index (χ1v) is 13.3. The molecular formula is C30H29N5O4S. The Morgan fingerprint density at radius 3 is 2.60 bits per heavy atom. The molecule has 1 fully saturated rings. The number of nitrogens with zero attached hydrogens (tertiary/aromatic N) is 3. The van der Waals surface area contributed by atoms with Gasteiger partial charge in [-0.3, -0.25) is 9.78 Å². The van der Waals surface area contributed by atoms with Crippen molar-refractivity contribution < 1.29 is 19.0 Å². The zero-order chi connectivity index (χ0) is 27.8. The lowest BCUT2D eigenvalue weighted by Crippen LogP contribution is -2.29. The zero-order valence-electron chi connectivity index (χ0n) is 22.4. The summed E-state index contributed by atoms with van der Waals surface area (Å²) in [6.45, 7) is 4.44. The number of aryl methyl sites for hydroxylation is 1. The van der Waals surface area contributed by atoms with Crippen LogP contribution in [0.25, 0.3) is 5.69 Å². The van der Waals surface area contributed by atoms with Gasteiger partial charge >= 0.3 is 0 Å². The van der Waals surface area contributed by atoms with Gasteiger partial charge in [-0.2, -0.15) is 0 Å². The van der Waals surface area contributed by atoms with Crippen LogP contribution in [-0.2, 0) is 9.53 Å². The SMILES string of the molecule is COCC(=O)Nc1ccc(N2C(=S)N[C@@H](c3ccccn3)[C@@H]2c2cc(C)n(-c3ccc4c(c3)OCO4)c2C)cc1. The number of fused-ring (bicyclic) bond motifs is 1. The Kier molecular flexibility index (Phi) is 6.87. The lowest BCUT2D eigenvalue weighted by molar-refractivity contribution is -0.119. The third-order valence-corrected chi connectivity index (χ3v) is 7.52. The summed E-state index contributed by atoms with van der Waals surface area (Å²) in [7, 11) is 1.49. The summed E-state index contributed by atoms with van der Waals surface area (Å²) in [5.41, 5.74) is 6.77. The van der Waals surface area contributed by atoms with Crippen molar-refractivity contribution in [1.29, 1.82) is 0 Å². The van der Waals surface area contributed by atoms with E-state index in [1.807, 2.05) is 60.7 Å². The number of rotatable bonds is 7. The molecule has 2 aromatic heterocycles. The maximum absolute atomic E-state index is 12.0. The van der Waals surface area contributed by atoms with Crippen molar-refractivity contribution in [3.63, 3.8) is 0 Å². The van der Waals surface area contributed by atoms with Gasteiger partial charge in [-0.25, -0.2) is 0 Å². The number of ether oxygens (including phenoxy) is 3. The van der Waals surface area contributed by atoms with E-state index < -0.39 is 0 Å². The molecule has 2 aliphatic rings. The summed E-state index contributed by atoms with van der Waals surface area (Å²) in [4.78, 5) is 18.8. The van der Waals surface area contributed by atoms with E-state index in [0.29, 0.717) is 10.8 Å². The van der Waals surface area contributed by atoms with Crippen LogP contribution in [0.2, 0.25) is 0 Å². The van der Waals surface area contributed by atoms with Crippen LogP contribution in [0.4, 0.5) is 11.4 Å². The third-order valence-electron chi connectivity index (χ3n) is 7.21. The Bertz CT molecular complexity index is 1570. The van der Waals surface area contributed by atoms with Crippen LogP contribution in [0, 0.1) is 13.8 Å². The molecule has 0 spiro atoms. The smallest absolute Gasteiger partial charge is 0.250 e. The lowest BCUT2D eigenvalue weighted by atomic mass is 9.96. The molecule has 2 aliphatic heterocycles. The largest absolute Gasteiger partial charge is 0.454 e. The van der Waals surface area contributed by atoms with Gasteiger partial charge in [0.25, 0.3) is 0 Å². The van der Waals surface area contributed by atoms with Gasteiger partial charge in [0.2, 0.25) is 12.7 Å². The maximum Gasteiger partial charge on any atom is 0.250 e. The maximum atomic E-state index is 12.0. The summed E-state index contributed by atoms with van der Waals surface area (Å²) in [5.74, 6) is 1.28. The molecule has 204 valence electrons. The molecule has 0 radical (unpaired) electrons. The van der Waals surface area contributed by atoms with Crippen molar-refractivity contribution in [2.24, 2.45) is 0 Å². The van der Waals surface area contributed by atoms with Crippen molar-refractivity contribution >= 4 is 34.6 Å². The van der Waals surface area contributed by atoms with Gasteiger partial charge < -0.3 is 34.3 Å². The number of carbonyl (C=O) groups excluding carboxylic acids is 1. The topological polar surface area (TPSA) is 89.9 Å². The van der Waals surface area contributed by atoms with Gasteiger partial charge in [0.05, 0.1) is 17.8 Å². The van der Waals surface area contributed by atoms with Gasteiger partial charge in [0.15, 0.2) is 16.6 Å². The number of thiocarbonyl (C=S) groups is 1. The molecule has 4 heterocycles. The highest BCUT2D eigenvalue weighted by Crippen LogP contribution is 2.44. The highest BCUT2D eigenvalue weighted by Gasteiger charge is 2.42. The van der Waals surface area contributed by atoms with Crippen molar-refractivity contribution in [2.75, 3.05) is 30.7 Å². The van der Waals surface area contributed by atoms with E-state index in [0.717, 1.165) is 45.5 Å². The number of methoxy groups -OCH3 is 1. The molecule has 0 saturated carbocycles. The van der Waals surface area contributed by atoms with Crippen LogP contribution in [0.15, 0.2) is 72.9 Å².